The molecule has 0 bridgehead atoms. The zero-order valence-electron chi connectivity index (χ0n) is 13.7. The monoisotopic (exact) mass is 367 g/mol. The number of benzene rings is 1. The first-order chi connectivity index (χ1) is 11.2. The van der Waals surface area contributed by atoms with Gasteiger partial charge in [-0.25, -0.2) is 4.98 Å². The van der Waals surface area contributed by atoms with Crippen molar-refractivity contribution in [1.29, 1.82) is 0 Å². The Labute approximate surface area is 152 Å². The molecule has 1 aromatic heterocycles. The SMILES string of the molecule is COc1ccc(-c2ncc(C(=O)NC3CCCNC3C)s2)cc1.Cl. The molecule has 2 atom stereocenters. The average Bonchev–Trinajstić information content (AvgIpc) is 3.07. The molecule has 0 saturated carbocycles. The van der Waals surface area contributed by atoms with E-state index in [1.165, 1.54) is 11.3 Å². The fourth-order valence-corrected chi connectivity index (χ4v) is 3.55. The van der Waals surface area contributed by atoms with E-state index in [9.17, 15) is 4.79 Å². The molecular weight excluding hydrogens is 346 g/mol. The number of ether oxygens (including phenoxy) is 1. The Morgan fingerprint density at radius 3 is 2.79 bits per heavy atom. The summed E-state index contributed by atoms with van der Waals surface area (Å²) in [4.78, 5) is 17.4. The van der Waals surface area contributed by atoms with Gasteiger partial charge in [0.25, 0.3) is 5.91 Å². The molecule has 24 heavy (non-hydrogen) atoms. The number of carbonyl (C=O) groups is 1. The molecule has 2 unspecified atom stereocenters. The topological polar surface area (TPSA) is 63.2 Å². The molecule has 1 fully saturated rings. The van der Waals surface area contributed by atoms with Crippen LogP contribution in [-0.2, 0) is 0 Å². The van der Waals surface area contributed by atoms with Gasteiger partial charge in [-0.2, -0.15) is 0 Å². The maximum atomic E-state index is 12.4. The van der Waals surface area contributed by atoms with E-state index < -0.39 is 0 Å². The van der Waals surface area contributed by atoms with E-state index in [1.54, 1.807) is 13.3 Å². The highest BCUT2D eigenvalue weighted by atomic mass is 35.5. The number of thiazole rings is 1. The van der Waals surface area contributed by atoms with Gasteiger partial charge in [-0.3, -0.25) is 4.79 Å². The second kappa shape index (κ2) is 8.46. The number of nitrogens with zero attached hydrogens (tertiary/aromatic N) is 1. The Bertz CT molecular complexity index is 675. The second-order valence-corrected chi connectivity index (χ2v) is 6.75. The van der Waals surface area contributed by atoms with Crippen molar-refractivity contribution >= 4 is 29.7 Å². The van der Waals surface area contributed by atoms with Crippen molar-refractivity contribution in [2.45, 2.75) is 31.8 Å². The van der Waals surface area contributed by atoms with Crippen LogP contribution in [0.2, 0.25) is 0 Å². The standard InChI is InChI=1S/C17H21N3O2S.ClH/c1-11-14(4-3-9-18-11)20-16(21)15-10-19-17(23-15)12-5-7-13(22-2)8-6-12;/h5-8,10-11,14,18H,3-4,9H2,1-2H3,(H,20,21);1H. The highest BCUT2D eigenvalue weighted by Crippen LogP contribution is 2.27. The van der Waals surface area contributed by atoms with Gasteiger partial charge in [0.2, 0.25) is 0 Å². The van der Waals surface area contributed by atoms with Crippen molar-refractivity contribution in [2.24, 2.45) is 0 Å². The van der Waals surface area contributed by atoms with Crippen LogP contribution in [0.5, 0.6) is 5.75 Å². The van der Waals surface area contributed by atoms with Gasteiger partial charge in [0.1, 0.15) is 15.6 Å². The minimum absolute atomic E-state index is 0. The minimum atomic E-state index is -0.0391. The summed E-state index contributed by atoms with van der Waals surface area (Å²) in [5.41, 5.74) is 0.988. The molecule has 3 rings (SSSR count). The van der Waals surface area contributed by atoms with Crippen molar-refractivity contribution < 1.29 is 9.53 Å². The van der Waals surface area contributed by atoms with E-state index in [0.29, 0.717) is 10.9 Å². The highest BCUT2D eigenvalue weighted by Gasteiger charge is 2.23. The van der Waals surface area contributed by atoms with Gasteiger partial charge in [-0.15, -0.1) is 23.7 Å². The van der Waals surface area contributed by atoms with Crippen molar-refractivity contribution in [2.75, 3.05) is 13.7 Å². The largest absolute Gasteiger partial charge is 0.497 e. The number of hydrogen-bond acceptors (Lipinski definition) is 5. The van der Waals surface area contributed by atoms with E-state index in [0.717, 1.165) is 35.7 Å². The van der Waals surface area contributed by atoms with Crippen molar-refractivity contribution in [3.63, 3.8) is 0 Å². The van der Waals surface area contributed by atoms with Crippen molar-refractivity contribution in [1.82, 2.24) is 15.6 Å². The van der Waals surface area contributed by atoms with Crippen LogP contribution in [0.3, 0.4) is 0 Å². The van der Waals surface area contributed by atoms with Crippen LogP contribution in [0.4, 0.5) is 0 Å². The summed E-state index contributed by atoms with van der Waals surface area (Å²) in [5, 5.41) is 7.35. The number of amides is 1. The van der Waals surface area contributed by atoms with Crippen molar-refractivity contribution in [3.05, 3.63) is 35.3 Å². The predicted octanol–water partition coefficient (Wildman–Crippen LogP) is 3.11. The molecule has 1 amide bonds. The van der Waals surface area contributed by atoms with Gasteiger partial charge in [0.15, 0.2) is 0 Å². The molecule has 7 heteroatoms. The van der Waals surface area contributed by atoms with Gasteiger partial charge in [0, 0.05) is 17.6 Å². The second-order valence-electron chi connectivity index (χ2n) is 5.72. The average molecular weight is 368 g/mol. The highest BCUT2D eigenvalue weighted by molar-refractivity contribution is 7.16. The van der Waals surface area contributed by atoms with Crippen LogP contribution in [0, 0.1) is 0 Å². The Balaban J connectivity index is 0.00000208. The van der Waals surface area contributed by atoms with Crippen LogP contribution in [-0.4, -0.2) is 36.6 Å². The maximum Gasteiger partial charge on any atom is 0.263 e. The molecular formula is C17H22ClN3O2S. The Hall–Kier alpha value is -1.63. The summed E-state index contributed by atoms with van der Waals surface area (Å²) in [5.74, 6) is 0.768. The first-order valence-corrected chi connectivity index (χ1v) is 8.63. The van der Waals surface area contributed by atoms with Crippen molar-refractivity contribution in [3.8, 4) is 16.3 Å². The molecule has 5 nitrogen and oxygen atoms in total. The van der Waals surface area contributed by atoms with Gasteiger partial charge < -0.3 is 15.4 Å². The van der Waals surface area contributed by atoms with Gasteiger partial charge in [-0.1, -0.05) is 0 Å². The molecule has 0 radical (unpaired) electrons. The molecule has 2 N–H and O–H groups in total. The predicted molar refractivity (Wildman–Crippen MR) is 99.3 cm³/mol. The van der Waals surface area contributed by atoms with E-state index in [-0.39, 0.29) is 24.4 Å². The van der Waals surface area contributed by atoms with E-state index in [2.05, 4.69) is 22.5 Å². The molecule has 0 spiro atoms. The first kappa shape index (κ1) is 18.7. The molecule has 1 aliphatic heterocycles. The summed E-state index contributed by atoms with van der Waals surface area (Å²) in [6, 6.07) is 8.18. The zero-order chi connectivity index (χ0) is 16.2. The Morgan fingerprint density at radius 1 is 1.38 bits per heavy atom. The number of hydrogen-bond donors (Lipinski definition) is 2. The lowest BCUT2D eigenvalue weighted by Crippen LogP contribution is -2.51. The number of halogens is 1. The summed E-state index contributed by atoms with van der Waals surface area (Å²) >= 11 is 1.41. The minimum Gasteiger partial charge on any atom is -0.497 e. The van der Waals surface area contributed by atoms with Crippen LogP contribution < -0.4 is 15.4 Å². The molecule has 2 heterocycles. The lowest BCUT2D eigenvalue weighted by Gasteiger charge is -2.30. The van der Waals surface area contributed by atoms with Crippen LogP contribution in [0.1, 0.15) is 29.4 Å². The third-order valence-corrected chi connectivity index (χ3v) is 5.19. The summed E-state index contributed by atoms with van der Waals surface area (Å²) in [7, 11) is 1.64. The summed E-state index contributed by atoms with van der Waals surface area (Å²) in [6.07, 6.45) is 3.76. The third kappa shape index (κ3) is 4.26. The number of piperidine rings is 1. The number of nitrogens with one attached hydrogen (secondary N) is 2. The smallest absolute Gasteiger partial charge is 0.263 e. The fraction of sp³-hybridized carbons (Fsp3) is 0.412. The fourth-order valence-electron chi connectivity index (χ4n) is 2.73. The van der Waals surface area contributed by atoms with Crippen LogP contribution >= 0.6 is 23.7 Å². The molecule has 1 saturated heterocycles. The molecule has 2 aromatic rings. The van der Waals surface area contributed by atoms with E-state index in [1.807, 2.05) is 24.3 Å². The van der Waals surface area contributed by atoms with Gasteiger partial charge in [-0.05, 0) is 50.6 Å². The summed E-state index contributed by atoms with van der Waals surface area (Å²) < 4.78 is 5.16. The van der Waals surface area contributed by atoms with E-state index >= 15 is 0 Å². The van der Waals surface area contributed by atoms with E-state index in [4.69, 9.17) is 4.74 Å². The summed E-state index contributed by atoms with van der Waals surface area (Å²) in [6.45, 7) is 3.13. The number of methoxy groups -OCH3 is 1. The first-order valence-electron chi connectivity index (χ1n) is 7.82. The molecule has 0 aliphatic carbocycles. The zero-order valence-corrected chi connectivity index (χ0v) is 15.4. The quantitative estimate of drug-likeness (QED) is 0.871. The molecule has 1 aromatic carbocycles. The lowest BCUT2D eigenvalue weighted by molar-refractivity contribution is 0.0924. The Morgan fingerprint density at radius 2 is 2.12 bits per heavy atom. The number of carbonyl (C=O) groups excluding carboxylic acids is 1. The third-order valence-electron chi connectivity index (χ3n) is 4.14. The lowest BCUT2D eigenvalue weighted by atomic mass is 10.00. The van der Waals surface area contributed by atoms with Crippen LogP contribution in [0.25, 0.3) is 10.6 Å². The molecule has 1 aliphatic rings. The molecule has 130 valence electrons. The van der Waals surface area contributed by atoms with Gasteiger partial charge >= 0.3 is 0 Å². The number of aromatic nitrogens is 1. The normalized spacial score (nSPS) is 20.1. The van der Waals surface area contributed by atoms with Gasteiger partial charge in [0.05, 0.1) is 13.3 Å². The maximum absolute atomic E-state index is 12.4. The Kier molecular flexibility index (Phi) is 6.60. The van der Waals surface area contributed by atoms with Crippen LogP contribution in [0.15, 0.2) is 30.5 Å². The number of rotatable bonds is 4.